The van der Waals surface area contributed by atoms with E-state index in [0.29, 0.717) is 32.8 Å². The third-order valence-corrected chi connectivity index (χ3v) is 8.92. The number of sulfonamides is 1. The molecule has 2 aliphatic rings. The lowest BCUT2D eigenvalue weighted by Crippen LogP contribution is -2.41. The number of morpholine rings is 1. The van der Waals surface area contributed by atoms with Gasteiger partial charge >= 0.3 is 0 Å². The standard InChI is InChI=1S/C27H32N4O4S/c1-19-5-6-20(2)25(16-19)29-27(32)22-4-3-11-30(18-22)26-10-7-21-17-23(8-9-24(21)28-26)36(33,34)31-12-14-35-15-13-31/h5-10,16-17,22H,3-4,11-15,18H2,1-2H3,(H,29,32)/t22-/m0/s1. The molecule has 0 bridgehead atoms. The van der Waals surface area contributed by atoms with Crippen LogP contribution in [0.2, 0.25) is 0 Å². The van der Waals surface area contributed by atoms with Gasteiger partial charge in [-0.2, -0.15) is 4.31 Å². The molecule has 2 saturated heterocycles. The summed E-state index contributed by atoms with van der Waals surface area (Å²) < 4.78 is 32.8. The van der Waals surface area contributed by atoms with E-state index in [1.54, 1.807) is 18.2 Å². The summed E-state index contributed by atoms with van der Waals surface area (Å²) in [6.45, 7) is 7.00. The number of amides is 1. The molecule has 3 heterocycles. The summed E-state index contributed by atoms with van der Waals surface area (Å²) in [7, 11) is -3.56. The highest BCUT2D eigenvalue weighted by molar-refractivity contribution is 7.89. The van der Waals surface area contributed by atoms with Gasteiger partial charge in [0.25, 0.3) is 0 Å². The number of carbonyl (C=O) groups excluding carboxylic acids is 1. The van der Waals surface area contributed by atoms with Crippen LogP contribution in [0.5, 0.6) is 0 Å². The fourth-order valence-corrected chi connectivity index (χ4v) is 6.31. The maximum atomic E-state index is 13.1. The lowest BCUT2D eigenvalue weighted by Gasteiger charge is -2.33. The zero-order valence-electron chi connectivity index (χ0n) is 20.7. The first-order valence-electron chi connectivity index (χ1n) is 12.4. The number of carbonyl (C=O) groups is 1. The molecule has 5 rings (SSSR count). The second kappa shape index (κ2) is 10.2. The van der Waals surface area contributed by atoms with Crippen LogP contribution in [0.25, 0.3) is 10.9 Å². The van der Waals surface area contributed by atoms with Crippen LogP contribution in [0.15, 0.2) is 53.4 Å². The minimum Gasteiger partial charge on any atom is -0.379 e. The average molecular weight is 509 g/mol. The van der Waals surface area contributed by atoms with Gasteiger partial charge in [-0.3, -0.25) is 4.79 Å². The fraction of sp³-hybridized carbons (Fsp3) is 0.407. The van der Waals surface area contributed by atoms with Crippen molar-refractivity contribution in [2.24, 2.45) is 5.92 Å². The number of benzene rings is 2. The van der Waals surface area contributed by atoms with Crippen molar-refractivity contribution in [3.05, 3.63) is 59.7 Å². The summed E-state index contributed by atoms with van der Waals surface area (Å²) in [5, 5.41) is 3.89. The van der Waals surface area contributed by atoms with Gasteiger partial charge in [-0.25, -0.2) is 13.4 Å². The Hall–Kier alpha value is -3.01. The Balaban J connectivity index is 1.31. The maximum absolute atomic E-state index is 13.1. The molecule has 9 heteroatoms. The molecule has 0 spiro atoms. The molecule has 1 amide bonds. The molecule has 8 nitrogen and oxygen atoms in total. The molecule has 2 aliphatic heterocycles. The van der Waals surface area contributed by atoms with E-state index in [1.807, 2.05) is 44.2 Å². The van der Waals surface area contributed by atoms with Gasteiger partial charge in [0.2, 0.25) is 15.9 Å². The number of anilines is 2. The quantitative estimate of drug-likeness (QED) is 0.565. The van der Waals surface area contributed by atoms with E-state index in [9.17, 15) is 13.2 Å². The third kappa shape index (κ3) is 5.09. The zero-order valence-corrected chi connectivity index (χ0v) is 21.6. The first kappa shape index (κ1) is 24.7. The van der Waals surface area contributed by atoms with Gasteiger partial charge in [-0.05, 0) is 74.2 Å². The summed E-state index contributed by atoms with van der Waals surface area (Å²) >= 11 is 0. The predicted octanol–water partition coefficient (Wildman–Crippen LogP) is 3.73. The molecule has 1 atom stereocenters. The zero-order chi connectivity index (χ0) is 25.3. The number of rotatable bonds is 5. The average Bonchev–Trinajstić information content (AvgIpc) is 2.90. The highest BCUT2D eigenvalue weighted by Gasteiger charge is 2.28. The maximum Gasteiger partial charge on any atom is 0.243 e. The number of aryl methyl sites for hydroxylation is 2. The Kier molecular flexibility index (Phi) is 6.96. The summed E-state index contributed by atoms with van der Waals surface area (Å²) in [6.07, 6.45) is 1.74. The molecule has 2 aromatic carbocycles. The Morgan fingerprint density at radius 3 is 2.64 bits per heavy atom. The third-order valence-electron chi connectivity index (χ3n) is 7.02. The van der Waals surface area contributed by atoms with Gasteiger partial charge in [-0.15, -0.1) is 0 Å². The van der Waals surface area contributed by atoms with Crippen LogP contribution in [0.4, 0.5) is 11.5 Å². The molecular formula is C27H32N4O4S. The van der Waals surface area contributed by atoms with Crippen molar-refractivity contribution < 1.29 is 17.9 Å². The number of nitrogens with one attached hydrogen (secondary N) is 1. The van der Waals surface area contributed by atoms with E-state index in [1.165, 1.54) is 4.31 Å². The Bertz CT molecular complexity index is 1390. The summed E-state index contributed by atoms with van der Waals surface area (Å²) in [4.78, 5) is 20.3. The van der Waals surface area contributed by atoms with E-state index in [-0.39, 0.29) is 16.7 Å². The van der Waals surface area contributed by atoms with Crippen molar-refractivity contribution in [2.45, 2.75) is 31.6 Å². The van der Waals surface area contributed by atoms with Crippen molar-refractivity contribution >= 4 is 38.3 Å². The summed E-state index contributed by atoms with van der Waals surface area (Å²) in [6, 6.07) is 15.0. The number of ether oxygens (including phenoxy) is 1. The number of piperidine rings is 1. The molecular weight excluding hydrogens is 476 g/mol. The minimum absolute atomic E-state index is 0.0344. The largest absolute Gasteiger partial charge is 0.379 e. The number of nitrogens with zero attached hydrogens (tertiary/aromatic N) is 3. The van der Waals surface area contributed by atoms with E-state index < -0.39 is 10.0 Å². The SMILES string of the molecule is Cc1ccc(C)c(NC(=O)[C@H]2CCCN(c3ccc4cc(S(=O)(=O)N5CCOCC5)ccc4n3)C2)c1. The number of hydrogen-bond acceptors (Lipinski definition) is 6. The van der Waals surface area contributed by atoms with E-state index in [0.717, 1.165) is 52.9 Å². The number of hydrogen-bond donors (Lipinski definition) is 1. The highest BCUT2D eigenvalue weighted by atomic mass is 32.2. The molecule has 190 valence electrons. The first-order chi connectivity index (χ1) is 17.3. The first-order valence-corrected chi connectivity index (χ1v) is 13.9. The second-order valence-corrected chi connectivity index (χ2v) is 11.6. The van der Waals surface area contributed by atoms with E-state index in [4.69, 9.17) is 9.72 Å². The van der Waals surface area contributed by atoms with Crippen LogP contribution in [-0.2, 0) is 19.6 Å². The Morgan fingerprint density at radius 2 is 1.83 bits per heavy atom. The molecule has 0 radical (unpaired) electrons. The fourth-order valence-electron chi connectivity index (χ4n) is 4.87. The van der Waals surface area contributed by atoms with E-state index >= 15 is 0 Å². The Labute approximate surface area is 212 Å². The molecule has 0 saturated carbocycles. The van der Waals surface area contributed by atoms with Crippen molar-refractivity contribution in [3.8, 4) is 0 Å². The molecule has 0 aliphatic carbocycles. The molecule has 36 heavy (non-hydrogen) atoms. The highest BCUT2D eigenvalue weighted by Crippen LogP contribution is 2.27. The van der Waals surface area contributed by atoms with Crippen LogP contribution in [-0.4, -0.2) is 63.0 Å². The van der Waals surface area contributed by atoms with Gasteiger partial charge in [-0.1, -0.05) is 12.1 Å². The predicted molar refractivity (Wildman–Crippen MR) is 141 cm³/mol. The van der Waals surface area contributed by atoms with Gasteiger partial charge in [0.1, 0.15) is 5.82 Å². The molecule has 2 fully saturated rings. The second-order valence-electron chi connectivity index (χ2n) is 9.63. The Morgan fingerprint density at radius 1 is 1.03 bits per heavy atom. The van der Waals surface area contributed by atoms with Crippen molar-refractivity contribution in [2.75, 3.05) is 49.6 Å². The van der Waals surface area contributed by atoms with Crippen molar-refractivity contribution in [3.63, 3.8) is 0 Å². The van der Waals surface area contributed by atoms with Gasteiger partial charge in [0, 0.05) is 37.3 Å². The van der Waals surface area contributed by atoms with Crippen molar-refractivity contribution in [1.82, 2.24) is 9.29 Å². The lowest BCUT2D eigenvalue weighted by atomic mass is 9.96. The lowest BCUT2D eigenvalue weighted by molar-refractivity contribution is -0.120. The van der Waals surface area contributed by atoms with Crippen LogP contribution in [0, 0.1) is 19.8 Å². The number of pyridine rings is 1. The monoisotopic (exact) mass is 508 g/mol. The van der Waals surface area contributed by atoms with Crippen LogP contribution >= 0.6 is 0 Å². The normalized spacial score (nSPS) is 19.4. The van der Waals surface area contributed by atoms with Gasteiger partial charge < -0.3 is 15.0 Å². The topological polar surface area (TPSA) is 91.8 Å². The van der Waals surface area contributed by atoms with Gasteiger partial charge in [0.05, 0.1) is 29.5 Å². The van der Waals surface area contributed by atoms with Crippen LogP contribution in [0.1, 0.15) is 24.0 Å². The number of fused-ring (bicyclic) bond motifs is 1. The van der Waals surface area contributed by atoms with Crippen LogP contribution < -0.4 is 10.2 Å². The summed E-state index contributed by atoms with van der Waals surface area (Å²) in [5.74, 6) is 0.708. The molecule has 0 unspecified atom stereocenters. The van der Waals surface area contributed by atoms with Crippen LogP contribution in [0.3, 0.4) is 0 Å². The minimum atomic E-state index is -3.56. The molecule has 3 aromatic rings. The number of aromatic nitrogens is 1. The van der Waals surface area contributed by atoms with E-state index in [2.05, 4.69) is 10.2 Å². The molecule has 1 N–H and O–H groups in total. The van der Waals surface area contributed by atoms with Crippen molar-refractivity contribution in [1.29, 1.82) is 0 Å². The summed E-state index contributed by atoms with van der Waals surface area (Å²) in [5.41, 5.74) is 3.76. The molecule has 1 aromatic heterocycles. The smallest absolute Gasteiger partial charge is 0.243 e. The van der Waals surface area contributed by atoms with Gasteiger partial charge in [0.15, 0.2) is 0 Å².